The lowest BCUT2D eigenvalue weighted by Gasteiger charge is -2.18. The molecule has 0 saturated carbocycles. The van der Waals surface area contributed by atoms with E-state index in [0.29, 0.717) is 11.5 Å². The third kappa shape index (κ3) is 3.41. The van der Waals surface area contributed by atoms with Gasteiger partial charge in [-0.15, -0.1) is 0 Å². The van der Waals surface area contributed by atoms with E-state index in [2.05, 4.69) is 24.0 Å². The Morgan fingerprint density at radius 3 is 2.52 bits per heavy atom. The second-order valence-electron chi connectivity index (χ2n) is 5.34. The molecule has 1 unspecified atom stereocenters. The van der Waals surface area contributed by atoms with Gasteiger partial charge in [0, 0.05) is 5.56 Å². The zero-order valence-electron chi connectivity index (χ0n) is 11.9. The molecule has 2 aromatic rings. The summed E-state index contributed by atoms with van der Waals surface area (Å²) in [7, 11) is 0. The summed E-state index contributed by atoms with van der Waals surface area (Å²) < 4.78 is 14.2. The van der Waals surface area contributed by atoms with Crippen molar-refractivity contribution in [2.24, 2.45) is 0 Å². The zero-order valence-corrected chi connectivity index (χ0v) is 11.9. The highest BCUT2D eigenvalue weighted by molar-refractivity contribution is 5.44. The lowest BCUT2D eigenvalue weighted by Crippen LogP contribution is -2.01. The van der Waals surface area contributed by atoms with Crippen LogP contribution < -0.4 is 0 Å². The molecule has 0 heterocycles. The average molecular weight is 276 g/mol. The predicted octanol–water partition coefficient (Wildman–Crippen LogP) is 5.05. The maximum absolute atomic E-state index is 14.2. The van der Waals surface area contributed by atoms with Gasteiger partial charge in [0.1, 0.15) is 5.82 Å². The van der Waals surface area contributed by atoms with Crippen LogP contribution in [0.25, 0.3) is 0 Å². The fourth-order valence-electron chi connectivity index (χ4n) is 2.64. The minimum absolute atomic E-state index is 0.217. The monoisotopic (exact) mass is 276 g/mol. The molecule has 0 amide bonds. The summed E-state index contributed by atoms with van der Waals surface area (Å²) in [5.41, 5.74) is 2.45. The lowest BCUT2D eigenvalue weighted by molar-refractivity contribution is 0.593. The first-order valence-electron chi connectivity index (χ1n) is 7.34. The number of benzene rings is 2. The smallest absolute Gasteiger partial charge is 0.139 e. The van der Waals surface area contributed by atoms with Gasteiger partial charge in [-0.3, -0.25) is 0 Å². The van der Waals surface area contributed by atoms with E-state index >= 15 is 0 Å². The molecule has 1 atom stereocenters. The van der Waals surface area contributed by atoms with E-state index in [9.17, 15) is 4.39 Å². The van der Waals surface area contributed by atoms with Crippen LogP contribution in [0.3, 0.4) is 0 Å². The Morgan fingerprint density at radius 2 is 1.81 bits per heavy atom. The normalized spacial score (nSPS) is 17.1. The van der Waals surface area contributed by atoms with Gasteiger partial charge in [0.05, 0.1) is 5.56 Å². The summed E-state index contributed by atoms with van der Waals surface area (Å²) in [5, 5.41) is 0. The molecule has 1 aliphatic carbocycles. The summed E-state index contributed by atoms with van der Waals surface area (Å²) in [6, 6.07) is 15.1. The Balaban J connectivity index is 1.82. The van der Waals surface area contributed by atoms with Crippen LogP contribution in [0.5, 0.6) is 0 Å². The van der Waals surface area contributed by atoms with Crippen LogP contribution in [0, 0.1) is 17.7 Å². The highest BCUT2D eigenvalue weighted by Crippen LogP contribution is 2.29. The van der Waals surface area contributed by atoms with E-state index in [-0.39, 0.29) is 5.82 Å². The predicted molar refractivity (Wildman–Crippen MR) is 84.6 cm³/mol. The molecule has 0 saturated heterocycles. The van der Waals surface area contributed by atoms with E-state index in [4.69, 9.17) is 0 Å². The van der Waals surface area contributed by atoms with Crippen LogP contribution >= 0.6 is 0 Å². The molecular formula is C20H17F. The highest BCUT2D eigenvalue weighted by Gasteiger charge is 2.13. The Morgan fingerprint density at radius 1 is 0.952 bits per heavy atom. The van der Waals surface area contributed by atoms with Gasteiger partial charge in [-0.1, -0.05) is 48.3 Å². The first kappa shape index (κ1) is 13.6. The van der Waals surface area contributed by atoms with E-state index < -0.39 is 0 Å². The molecule has 0 spiro atoms. The summed E-state index contributed by atoms with van der Waals surface area (Å²) in [4.78, 5) is 0. The molecule has 0 nitrogen and oxygen atoms in total. The van der Waals surface area contributed by atoms with Crippen molar-refractivity contribution >= 4 is 0 Å². The van der Waals surface area contributed by atoms with Crippen LogP contribution in [0.15, 0.2) is 60.7 Å². The molecule has 1 aliphatic rings. The van der Waals surface area contributed by atoms with Crippen molar-refractivity contribution in [2.45, 2.75) is 25.2 Å². The van der Waals surface area contributed by atoms with E-state index in [1.165, 1.54) is 0 Å². The van der Waals surface area contributed by atoms with Crippen LogP contribution in [0.4, 0.5) is 4.39 Å². The topological polar surface area (TPSA) is 0 Å². The van der Waals surface area contributed by atoms with Gasteiger partial charge in [-0.25, -0.2) is 4.39 Å². The van der Waals surface area contributed by atoms with Crippen molar-refractivity contribution in [1.82, 2.24) is 0 Å². The fraction of sp³-hybridized carbons (Fsp3) is 0.200. The Labute approximate surface area is 125 Å². The third-order valence-electron chi connectivity index (χ3n) is 3.85. The minimum Gasteiger partial charge on any atom is -0.206 e. The zero-order chi connectivity index (χ0) is 14.5. The number of hydrogen-bond acceptors (Lipinski definition) is 0. The maximum Gasteiger partial charge on any atom is 0.139 e. The van der Waals surface area contributed by atoms with Gasteiger partial charge in [0.25, 0.3) is 0 Å². The summed E-state index contributed by atoms with van der Waals surface area (Å²) in [6.07, 6.45) is 7.59. The maximum atomic E-state index is 14.2. The van der Waals surface area contributed by atoms with E-state index in [1.807, 2.05) is 36.4 Å². The number of allylic oxidation sites excluding steroid dienone is 2. The van der Waals surface area contributed by atoms with Gasteiger partial charge in [-0.05, 0) is 55.0 Å². The van der Waals surface area contributed by atoms with Crippen LogP contribution in [-0.2, 0) is 0 Å². The van der Waals surface area contributed by atoms with Gasteiger partial charge in [0.2, 0.25) is 0 Å². The molecule has 0 N–H and O–H groups in total. The van der Waals surface area contributed by atoms with E-state index in [0.717, 1.165) is 30.4 Å². The van der Waals surface area contributed by atoms with Gasteiger partial charge >= 0.3 is 0 Å². The molecule has 0 bridgehead atoms. The summed E-state index contributed by atoms with van der Waals surface area (Å²) in [5.74, 6) is 6.15. The van der Waals surface area contributed by atoms with Crippen molar-refractivity contribution in [2.75, 3.05) is 0 Å². The lowest BCUT2D eigenvalue weighted by atomic mass is 9.87. The quantitative estimate of drug-likeness (QED) is 0.505. The molecule has 3 rings (SSSR count). The van der Waals surface area contributed by atoms with E-state index in [1.54, 1.807) is 12.1 Å². The van der Waals surface area contributed by atoms with Gasteiger partial charge in [-0.2, -0.15) is 0 Å². The Hall–Kier alpha value is -2.33. The third-order valence-corrected chi connectivity index (χ3v) is 3.85. The van der Waals surface area contributed by atoms with Crippen molar-refractivity contribution in [3.8, 4) is 11.8 Å². The number of hydrogen-bond donors (Lipinski definition) is 0. The van der Waals surface area contributed by atoms with Crippen LogP contribution in [0.2, 0.25) is 0 Å². The minimum atomic E-state index is -0.217. The SMILES string of the molecule is Fc1cc(C2CC=CCC2)ccc1C#Cc1ccccc1. The van der Waals surface area contributed by atoms with Gasteiger partial charge < -0.3 is 0 Å². The first-order valence-corrected chi connectivity index (χ1v) is 7.34. The van der Waals surface area contributed by atoms with Crippen molar-refractivity contribution < 1.29 is 4.39 Å². The molecular weight excluding hydrogens is 259 g/mol. The van der Waals surface area contributed by atoms with Crippen molar-refractivity contribution in [3.63, 3.8) is 0 Å². The fourth-order valence-corrected chi connectivity index (χ4v) is 2.64. The van der Waals surface area contributed by atoms with Gasteiger partial charge in [0.15, 0.2) is 0 Å². The summed E-state index contributed by atoms with van der Waals surface area (Å²) >= 11 is 0. The molecule has 0 fully saturated rings. The molecule has 21 heavy (non-hydrogen) atoms. The Bertz CT molecular complexity index is 702. The second kappa shape index (κ2) is 6.41. The highest BCUT2D eigenvalue weighted by atomic mass is 19.1. The molecule has 0 radical (unpaired) electrons. The van der Waals surface area contributed by atoms with Crippen LogP contribution in [-0.4, -0.2) is 0 Å². The Kier molecular flexibility index (Phi) is 4.17. The second-order valence-corrected chi connectivity index (χ2v) is 5.34. The average Bonchev–Trinajstić information content (AvgIpc) is 2.55. The molecule has 2 aromatic carbocycles. The molecule has 0 aliphatic heterocycles. The van der Waals surface area contributed by atoms with Crippen molar-refractivity contribution in [1.29, 1.82) is 0 Å². The largest absolute Gasteiger partial charge is 0.206 e. The first-order chi connectivity index (χ1) is 10.3. The number of rotatable bonds is 1. The summed E-state index contributed by atoms with van der Waals surface area (Å²) in [6.45, 7) is 0. The molecule has 0 aromatic heterocycles. The standard InChI is InChI=1S/C20H17F/c21-20-15-19(17-9-5-2-6-10-17)14-13-18(20)12-11-16-7-3-1-4-8-16/h1-5,7-8,13-15,17H,6,9-10H2. The van der Waals surface area contributed by atoms with Crippen LogP contribution in [0.1, 0.15) is 41.9 Å². The number of halogens is 1. The van der Waals surface area contributed by atoms with Crippen molar-refractivity contribution in [3.05, 3.63) is 83.2 Å². The molecule has 104 valence electrons. The molecule has 1 heteroatoms.